The van der Waals surface area contributed by atoms with Crippen molar-refractivity contribution in [2.24, 2.45) is 5.92 Å². The van der Waals surface area contributed by atoms with Gasteiger partial charge < -0.3 is 15.5 Å². The summed E-state index contributed by atoms with van der Waals surface area (Å²) in [5.41, 5.74) is 3.38. The Bertz CT molecular complexity index is 1710. The predicted molar refractivity (Wildman–Crippen MR) is 181 cm³/mol. The van der Waals surface area contributed by atoms with Gasteiger partial charge in [0.15, 0.2) is 0 Å². The number of sulfonamides is 1. The van der Waals surface area contributed by atoms with Crippen molar-refractivity contribution < 1.29 is 30.8 Å². The van der Waals surface area contributed by atoms with Gasteiger partial charge in [-0.3, -0.25) is 4.79 Å². The van der Waals surface area contributed by atoms with E-state index in [2.05, 4.69) is 45.0 Å². The number of unbranched alkanes of at least 4 members (excludes halogenated alkanes) is 1. The number of halogens is 4. The molecule has 49 heavy (non-hydrogen) atoms. The molecule has 264 valence electrons. The summed E-state index contributed by atoms with van der Waals surface area (Å²) >= 11 is 0. The number of likely N-dealkylation sites (tertiary alicyclic amines) is 1. The first-order chi connectivity index (χ1) is 23.4. The minimum Gasteiger partial charge on any atom is -0.330 e. The summed E-state index contributed by atoms with van der Waals surface area (Å²) in [6.07, 6.45) is 2.18. The fourth-order valence-corrected chi connectivity index (χ4v) is 7.85. The van der Waals surface area contributed by atoms with E-state index in [0.29, 0.717) is 18.2 Å². The lowest BCUT2D eigenvalue weighted by atomic mass is 9.81. The molecule has 3 N–H and O–H groups in total. The molecule has 0 bridgehead atoms. The second kappa shape index (κ2) is 16.4. The second-order valence-electron chi connectivity index (χ2n) is 13.0. The van der Waals surface area contributed by atoms with Crippen LogP contribution in [-0.2, 0) is 40.4 Å². The Balaban J connectivity index is 1.15. The molecule has 1 heterocycles. The van der Waals surface area contributed by atoms with Gasteiger partial charge in [-0.25, -0.2) is 17.5 Å². The van der Waals surface area contributed by atoms with E-state index in [4.69, 9.17) is 0 Å². The maximum absolute atomic E-state index is 13.7. The Hall–Kier alpha value is -3.58. The number of nitrogens with one attached hydrogen (secondary N) is 3. The van der Waals surface area contributed by atoms with Gasteiger partial charge in [-0.1, -0.05) is 43.0 Å². The number of fused-ring (bicyclic) bond motifs is 1. The lowest BCUT2D eigenvalue weighted by Crippen LogP contribution is -2.35. The van der Waals surface area contributed by atoms with Crippen molar-refractivity contribution in [3.63, 3.8) is 0 Å². The van der Waals surface area contributed by atoms with Gasteiger partial charge in [0, 0.05) is 24.6 Å². The molecule has 1 saturated heterocycles. The molecule has 5 rings (SSSR count). The van der Waals surface area contributed by atoms with E-state index in [9.17, 15) is 30.8 Å². The molecule has 12 heteroatoms. The molecule has 0 unspecified atom stereocenters. The number of benzene rings is 3. The summed E-state index contributed by atoms with van der Waals surface area (Å²) in [4.78, 5) is 15.2. The van der Waals surface area contributed by atoms with Crippen molar-refractivity contribution in [3.05, 3.63) is 113 Å². The number of aryl methyl sites for hydroxylation is 1. The first-order valence-corrected chi connectivity index (χ1v) is 18.3. The van der Waals surface area contributed by atoms with Gasteiger partial charge in [-0.05, 0) is 124 Å². The lowest BCUT2D eigenvalue weighted by molar-refractivity contribution is -0.137. The van der Waals surface area contributed by atoms with Gasteiger partial charge in [-0.2, -0.15) is 13.2 Å². The molecule has 7 nitrogen and oxygen atoms in total. The number of carbonyl (C=O) groups excluding carboxylic acids is 1. The molecule has 1 aliphatic heterocycles. The van der Waals surface area contributed by atoms with E-state index in [1.54, 1.807) is 0 Å². The highest BCUT2D eigenvalue weighted by atomic mass is 32.2. The van der Waals surface area contributed by atoms with Gasteiger partial charge in [0.25, 0.3) is 0 Å². The average molecular weight is 701 g/mol. The highest BCUT2D eigenvalue weighted by molar-refractivity contribution is 7.89. The van der Waals surface area contributed by atoms with Gasteiger partial charge in [0.2, 0.25) is 15.9 Å². The van der Waals surface area contributed by atoms with Gasteiger partial charge in [-0.15, -0.1) is 0 Å². The molecule has 1 amide bonds. The summed E-state index contributed by atoms with van der Waals surface area (Å²) in [7, 11) is -4.50. The largest absolute Gasteiger partial charge is 0.416 e. The molecule has 1 fully saturated rings. The van der Waals surface area contributed by atoms with Gasteiger partial charge >= 0.3 is 6.18 Å². The van der Waals surface area contributed by atoms with Crippen LogP contribution >= 0.6 is 0 Å². The Kier molecular flexibility index (Phi) is 12.3. The van der Waals surface area contributed by atoms with Crippen LogP contribution < -0.4 is 15.4 Å². The van der Waals surface area contributed by atoms with Crippen molar-refractivity contribution in [2.45, 2.75) is 75.0 Å². The van der Waals surface area contributed by atoms with Crippen LogP contribution in [0.3, 0.4) is 0 Å². The van der Waals surface area contributed by atoms with Gasteiger partial charge in [0.1, 0.15) is 5.82 Å². The number of hydrogen-bond acceptors (Lipinski definition) is 5. The van der Waals surface area contributed by atoms with E-state index in [1.165, 1.54) is 67.7 Å². The third-order valence-electron chi connectivity index (χ3n) is 9.33. The molecule has 0 saturated carbocycles. The molecule has 2 atom stereocenters. The summed E-state index contributed by atoms with van der Waals surface area (Å²) in [6.45, 7) is 9.57. The van der Waals surface area contributed by atoms with Crippen LogP contribution in [0, 0.1) is 11.7 Å². The average Bonchev–Trinajstić information content (AvgIpc) is 3.59. The predicted octanol–water partition coefficient (Wildman–Crippen LogP) is 6.65. The Morgan fingerprint density at radius 2 is 1.73 bits per heavy atom. The maximum Gasteiger partial charge on any atom is 0.416 e. The van der Waals surface area contributed by atoms with Gasteiger partial charge in [0.05, 0.1) is 16.5 Å². The third-order valence-corrected chi connectivity index (χ3v) is 10.8. The van der Waals surface area contributed by atoms with Crippen molar-refractivity contribution in [2.75, 3.05) is 26.2 Å². The zero-order valence-electron chi connectivity index (χ0n) is 27.5. The molecule has 2 aliphatic rings. The van der Waals surface area contributed by atoms with Crippen LogP contribution in [0.1, 0.15) is 72.4 Å². The van der Waals surface area contributed by atoms with Crippen LogP contribution in [0.25, 0.3) is 0 Å². The molecular formula is C37H44F4N4O3S. The maximum atomic E-state index is 13.7. The van der Waals surface area contributed by atoms with E-state index in [0.717, 1.165) is 62.7 Å². The van der Waals surface area contributed by atoms with Crippen molar-refractivity contribution in [1.82, 2.24) is 20.3 Å². The lowest BCUT2D eigenvalue weighted by Gasteiger charge is -2.27. The summed E-state index contributed by atoms with van der Waals surface area (Å²) in [6, 6.07) is 13.6. The standard InChI is InChI=1S/C37H44F4N4O3S/c1-26(29-11-12-30-21-27(9-10-31(30)22-29)25-42-17-2-3-18-45-19-4-5-20-45)43-36(46)24-35(28-13-15-33(38)16-14-28)44-49(47,48)34-8-6-7-32(23-34)37(39,40)41/h6-10,13-16,21,23,29,35,42,44H,1-5,11-12,17-20,22,24-25H2,(H,43,46)/t29-,35-/m1/s1. The monoisotopic (exact) mass is 700 g/mol. The number of amides is 1. The molecule has 3 aromatic carbocycles. The van der Waals surface area contributed by atoms with Crippen molar-refractivity contribution >= 4 is 15.9 Å². The topological polar surface area (TPSA) is 90.5 Å². The SMILES string of the molecule is C=C(NC(=O)C[C@@H](NS(=O)(=O)c1cccc(C(F)(F)F)c1)c1ccc(F)cc1)[C@@H]1CCc2cc(CNCCCCN3CCCC3)ccc2C1. The zero-order chi connectivity index (χ0) is 35.0. The number of carbonyl (C=O) groups is 1. The third kappa shape index (κ3) is 10.5. The van der Waals surface area contributed by atoms with E-state index >= 15 is 0 Å². The van der Waals surface area contributed by atoms with Crippen LogP contribution in [0.4, 0.5) is 17.6 Å². The Morgan fingerprint density at radius 3 is 2.47 bits per heavy atom. The quantitative estimate of drug-likeness (QED) is 0.122. The minimum absolute atomic E-state index is 0.0258. The summed E-state index contributed by atoms with van der Waals surface area (Å²) < 4.78 is 82.2. The smallest absolute Gasteiger partial charge is 0.330 e. The highest BCUT2D eigenvalue weighted by Crippen LogP contribution is 2.32. The molecule has 0 aromatic heterocycles. The van der Waals surface area contributed by atoms with E-state index < -0.39 is 44.4 Å². The normalized spacial score (nSPS) is 17.4. The van der Waals surface area contributed by atoms with Crippen molar-refractivity contribution in [1.29, 1.82) is 0 Å². The number of rotatable bonds is 15. The Labute approximate surface area is 286 Å². The van der Waals surface area contributed by atoms with Crippen LogP contribution in [-0.4, -0.2) is 45.4 Å². The number of nitrogens with zero attached hydrogens (tertiary/aromatic N) is 1. The summed E-state index contributed by atoms with van der Waals surface area (Å²) in [5.74, 6) is -1.12. The van der Waals surface area contributed by atoms with Crippen LogP contribution in [0.2, 0.25) is 0 Å². The van der Waals surface area contributed by atoms with Crippen molar-refractivity contribution in [3.8, 4) is 0 Å². The fourth-order valence-electron chi connectivity index (χ4n) is 6.58. The molecular weight excluding hydrogens is 656 g/mol. The zero-order valence-corrected chi connectivity index (χ0v) is 28.3. The minimum atomic E-state index is -4.74. The fraction of sp³-hybridized carbons (Fsp3) is 0.432. The number of allylic oxidation sites excluding steroid dienone is 1. The van der Waals surface area contributed by atoms with Crippen LogP contribution in [0.15, 0.2) is 83.9 Å². The second-order valence-corrected chi connectivity index (χ2v) is 14.7. The molecule has 3 aromatic rings. The highest BCUT2D eigenvalue weighted by Gasteiger charge is 2.33. The first-order valence-electron chi connectivity index (χ1n) is 16.8. The molecule has 1 aliphatic carbocycles. The molecule has 0 spiro atoms. The van der Waals surface area contributed by atoms with E-state index in [-0.39, 0.29) is 17.9 Å². The number of hydrogen-bond donors (Lipinski definition) is 3. The summed E-state index contributed by atoms with van der Waals surface area (Å²) in [5, 5.41) is 6.37. The Morgan fingerprint density at radius 1 is 0.980 bits per heavy atom. The number of alkyl halides is 3. The first kappa shape index (κ1) is 36.7. The molecule has 0 radical (unpaired) electrons. The van der Waals surface area contributed by atoms with Crippen LogP contribution in [0.5, 0.6) is 0 Å². The van der Waals surface area contributed by atoms with E-state index in [1.807, 2.05) is 0 Å².